The van der Waals surface area contributed by atoms with E-state index >= 15 is 0 Å². The molecule has 1 aromatic rings. The molecule has 0 saturated carbocycles. The SMILES string of the molecule is NCc1n[nH]c(=O)n1C1CCOC1. The Morgan fingerprint density at radius 2 is 2.62 bits per heavy atom. The number of nitrogens with one attached hydrogen (secondary N) is 1. The first-order valence-corrected chi connectivity index (χ1v) is 4.26. The number of aromatic nitrogens is 3. The van der Waals surface area contributed by atoms with Gasteiger partial charge in [0, 0.05) is 6.61 Å². The third-order valence-corrected chi connectivity index (χ3v) is 2.23. The van der Waals surface area contributed by atoms with Gasteiger partial charge in [0.05, 0.1) is 19.2 Å². The molecule has 0 aromatic carbocycles. The summed E-state index contributed by atoms with van der Waals surface area (Å²) in [6.45, 7) is 1.55. The summed E-state index contributed by atoms with van der Waals surface area (Å²) in [6.07, 6.45) is 0.854. The minimum Gasteiger partial charge on any atom is -0.379 e. The second kappa shape index (κ2) is 3.31. The number of rotatable bonds is 2. The van der Waals surface area contributed by atoms with Crippen molar-refractivity contribution in [2.24, 2.45) is 5.73 Å². The Hall–Kier alpha value is -1.14. The predicted octanol–water partition coefficient (Wildman–Crippen LogP) is -1.01. The van der Waals surface area contributed by atoms with E-state index in [1.807, 2.05) is 0 Å². The quantitative estimate of drug-likeness (QED) is 0.616. The van der Waals surface area contributed by atoms with Crippen LogP contribution in [-0.4, -0.2) is 28.0 Å². The normalized spacial score (nSPS) is 22.4. The number of nitrogens with zero attached hydrogens (tertiary/aromatic N) is 2. The summed E-state index contributed by atoms with van der Waals surface area (Å²) in [5, 5.41) is 6.21. The van der Waals surface area contributed by atoms with Crippen LogP contribution in [0.2, 0.25) is 0 Å². The van der Waals surface area contributed by atoms with Gasteiger partial charge in [-0.15, -0.1) is 0 Å². The number of hydrogen-bond donors (Lipinski definition) is 2. The average molecular weight is 184 g/mol. The molecule has 1 aliphatic heterocycles. The molecule has 2 heterocycles. The van der Waals surface area contributed by atoms with E-state index in [1.54, 1.807) is 4.57 Å². The Labute approximate surface area is 74.7 Å². The topological polar surface area (TPSA) is 85.9 Å². The van der Waals surface area contributed by atoms with E-state index in [0.29, 0.717) is 19.0 Å². The molecule has 1 unspecified atom stereocenters. The molecule has 6 heteroatoms. The lowest BCUT2D eigenvalue weighted by atomic mass is 10.2. The standard InChI is InChI=1S/C7H12N4O2/c8-3-6-9-10-7(12)11(6)5-1-2-13-4-5/h5H,1-4,8H2,(H,10,12). The summed E-state index contributed by atoms with van der Waals surface area (Å²) in [6, 6.07) is 0.102. The fraction of sp³-hybridized carbons (Fsp3) is 0.714. The maximum Gasteiger partial charge on any atom is 0.343 e. The first-order chi connectivity index (χ1) is 6.33. The first kappa shape index (κ1) is 8.46. The van der Waals surface area contributed by atoms with E-state index in [9.17, 15) is 4.79 Å². The van der Waals surface area contributed by atoms with Gasteiger partial charge in [-0.3, -0.25) is 4.57 Å². The zero-order valence-corrected chi connectivity index (χ0v) is 7.19. The maximum atomic E-state index is 11.3. The summed E-state index contributed by atoms with van der Waals surface area (Å²) >= 11 is 0. The van der Waals surface area contributed by atoms with Crippen LogP contribution in [0.3, 0.4) is 0 Å². The number of aromatic amines is 1. The third-order valence-electron chi connectivity index (χ3n) is 2.23. The molecule has 2 rings (SSSR count). The van der Waals surface area contributed by atoms with Gasteiger partial charge in [-0.05, 0) is 6.42 Å². The minimum atomic E-state index is -0.198. The highest BCUT2D eigenvalue weighted by atomic mass is 16.5. The first-order valence-electron chi connectivity index (χ1n) is 4.26. The Kier molecular flexibility index (Phi) is 2.15. The number of ether oxygens (including phenoxy) is 1. The molecule has 72 valence electrons. The molecule has 1 saturated heterocycles. The van der Waals surface area contributed by atoms with Gasteiger partial charge in [0.2, 0.25) is 0 Å². The molecular formula is C7H12N4O2. The summed E-state index contributed by atoms with van der Waals surface area (Å²) in [7, 11) is 0. The van der Waals surface area contributed by atoms with Gasteiger partial charge in [-0.2, -0.15) is 5.10 Å². The number of hydrogen-bond acceptors (Lipinski definition) is 4. The largest absolute Gasteiger partial charge is 0.379 e. The lowest BCUT2D eigenvalue weighted by Crippen LogP contribution is -2.25. The number of nitrogens with two attached hydrogens (primary N) is 1. The maximum absolute atomic E-state index is 11.3. The van der Waals surface area contributed by atoms with Crippen LogP contribution >= 0.6 is 0 Å². The second-order valence-electron chi connectivity index (χ2n) is 3.04. The highest BCUT2D eigenvalue weighted by molar-refractivity contribution is 4.90. The molecule has 0 aliphatic carbocycles. The highest BCUT2D eigenvalue weighted by Gasteiger charge is 2.22. The van der Waals surface area contributed by atoms with Crippen molar-refractivity contribution in [3.05, 3.63) is 16.3 Å². The van der Waals surface area contributed by atoms with E-state index in [4.69, 9.17) is 10.5 Å². The van der Waals surface area contributed by atoms with Crippen molar-refractivity contribution in [2.45, 2.75) is 19.0 Å². The Morgan fingerprint density at radius 1 is 1.77 bits per heavy atom. The van der Waals surface area contributed by atoms with Crippen molar-refractivity contribution in [1.29, 1.82) is 0 Å². The molecule has 3 N–H and O–H groups in total. The summed E-state index contributed by atoms with van der Waals surface area (Å²) in [4.78, 5) is 11.3. The fourth-order valence-corrected chi connectivity index (χ4v) is 1.58. The van der Waals surface area contributed by atoms with Gasteiger partial charge in [0.1, 0.15) is 5.82 Å². The Morgan fingerprint density at radius 3 is 3.23 bits per heavy atom. The van der Waals surface area contributed by atoms with Gasteiger partial charge in [-0.1, -0.05) is 0 Å². The van der Waals surface area contributed by atoms with E-state index in [2.05, 4.69) is 10.2 Å². The van der Waals surface area contributed by atoms with Crippen molar-refractivity contribution in [1.82, 2.24) is 14.8 Å². The van der Waals surface area contributed by atoms with E-state index in [-0.39, 0.29) is 18.3 Å². The zero-order chi connectivity index (χ0) is 9.26. The smallest absolute Gasteiger partial charge is 0.343 e. The second-order valence-corrected chi connectivity index (χ2v) is 3.04. The Balaban J connectivity index is 2.36. The Bertz CT molecular complexity index is 337. The van der Waals surface area contributed by atoms with E-state index < -0.39 is 0 Å². The highest BCUT2D eigenvalue weighted by Crippen LogP contribution is 2.17. The van der Waals surface area contributed by atoms with Crippen molar-refractivity contribution in [3.8, 4) is 0 Å². The molecule has 1 fully saturated rings. The molecule has 0 amide bonds. The summed E-state index contributed by atoms with van der Waals surface area (Å²) in [5.41, 5.74) is 5.25. The molecule has 0 radical (unpaired) electrons. The van der Waals surface area contributed by atoms with Gasteiger partial charge >= 0.3 is 5.69 Å². The third kappa shape index (κ3) is 1.38. The molecule has 13 heavy (non-hydrogen) atoms. The van der Waals surface area contributed by atoms with Crippen LogP contribution in [0.4, 0.5) is 0 Å². The zero-order valence-electron chi connectivity index (χ0n) is 7.19. The molecule has 6 nitrogen and oxygen atoms in total. The van der Waals surface area contributed by atoms with Gasteiger partial charge in [0.25, 0.3) is 0 Å². The molecule has 1 atom stereocenters. The van der Waals surface area contributed by atoms with Crippen LogP contribution in [0.25, 0.3) is 0 Å². The molecular weight excluding hydrogens is 172 g/mol. The van der Waals surface area contributed by atoms with Crippen molar-refractivity contribution in [3.63, 3.8) is 0 Å². The average Bonchev–Trinajstić information content (AvgIpc) is 2.72. The van der Waals surface area contributed by atoms with Gasteiger partial charge < -0.3 is 10.5 Å². The molecule has 0 spiro atoms. The van der Waals surface area contributed by atoms with Crippen molar-refractivity contribution >= 4 is 0 Å². The lowest BCUT2D eigenvalue weighted by molar-refractivity contribution is 0.185. The lowest BCUT2D eigenvalue weighted by Gasteiger charge is -2.09. The molecule has 1 aromatic heterocycles. The predicted molar refractivity (Wildman–Crippen MR) is 45.2 cm³/mol. The summed E-state index contributed by atoms with van der Waals surface area (Å²) in [5.74, 6) is 0.598. The molecule has 1 aliphatic rings. The molecule has 0 bridgehead atoms. The fourth-order valence-electron chi connectivity index (χ4n) is 1.58. The van der Waals surface area contributed by atoms with Crippen LogP contribution in [-0.2, 0) is 11.3 Å². The van der Waals surface area contributed by atoms with Crippen LogP contribution in [0, 0.1) is 0 Å². The van der Waals surface area contributed by atoms with E-state index in [0.717, 1.165) is 6.42 Å². The van der Waals surface area contributed by atoms with Crippen molar-refractivity contribution < 1.29 is 4.74 Å². The summed E-state index contributed by atoms with van der Waals surface area (Å²) < 4.78 is 6.78. The van der Waals surface area contributed by atoms with Crippen LogP contribution in [0.1, 0.15) is 18.3 Å². The van der Waals surface area contributed by atoms with Crippen molar-refractivity contribution in [2.75, 3.05) is 13.2 Å². The van der Waals surface area contributed by atoms with Crippen LogP contribution in [0.5, 0.6) is 0 Å². The number of H-pyrrole nitrogens is 1. The van der Waals surface area contributed by atoms with E-state index in [1.165, 1.54) is 0 Å². The van der Waals surface area contributed by atoms with Gasteiger partial charge in [0.15, 0.2) is 0 Å². The monoisotopic (exact) mass is 184 g/mol. The van der Waals surface area contributed by atoms with Crippen LogP contribution in [0.15, 0.2) is 4.79 Å². The van der Waals surface area contributed by atoms with Gasteiger partial charge in [-0.25, -0.2) is 9.89 Å². The van der Waals surface area contributed by atoms with Crippen LogP contribution < -0.4 is 11.4 Å². The minimum absolute atomic E-state index is 0.102.